The number of nitriles is 1. The van der Waals surface area contributed by atoms with Crippen molar-refractivity contribution in [2.45, 2.75) is 25.0 Å². The molecule has 0 spiro atoms. The Balaban J connectivity index is 1.27. The second-order valence-corrected chi connectivity index (χ2v) is 7.55. The van der Waals surface area contributed by atoms with Crippen LogP contribution in [0.2, 0.25) is 0 Å². The SMILES string of the molecule is N#Cc1cnc2ccc(OC3CCN(C(=O)N4N=CCC4c4cc(F)cc(F)c4)C3)nn12. The Bertz CT molecular complexity index is 1250. The van der Waals surface area contributed by atoms with Gasteiger partial charge in [-0.05, 0) is 23.8 Å². The van der Waals surface area contributed by atoms with Crippen molar-refractivity contribution in [3.8, 4) is 11.9 Å². The van der Waals surface area contributed by atoms with Crippen LogP contribution in [-0.2, 0) is 0 Å². The molecule has 2 amide bonds. The Morgan fingerprint density at radius 3 is 2.81 bits per heavy atom. The molecule has 2 aliphatic heterocycles. The third kappa shape index (κ3) is 3.60. The summed E-state index contributed by atoms with van der Waals surface area (Å²) in [5.74, 6) is -1.08. The van der Waals surface area contributed by atoms with Crippen LogP contribution in [0.4, 0.5) is 13.6 Å². The highest BCUT2D eigenvalue weighted by atomic mass is 19.1. The van der Waals surface area contributed by atoms with Crippen LogP contribution >= 0.6 is 0 Å². The first-order valence-electron chi connectivity index (χ1n) is 10.00. The van der Waals surface area contributed by atoms with Crippen LogP contribution in [-0.4, -0.2) is 55.9 Å². The minimum Gasteiger partial charge on any atom is -0.471 e. The van der Waals surface area contributed by atoms with E-state index in [0.717, 1.165) is 6.07 Å². The topological polar surface area (TPSA) is 99.1 Å². The van der Waals surface area contributed by atoms with Crippen molar-refractivity contribution in [3.05, 3.63) is 59.4 Å². The molecular formula is C21H17F2N7O2. The van der Waals surface area contributed by atoms with Gasteiger partial charge in [0.05, 0.1) is 18.8 Å². The van der Waals surface area contributed by atoms with Gasteiger partial charge in [-0.1, -0.05) is 0 Å². The van der Waals surface area contributed by atoms with E-state index in [9.17, 15) is 13.6 Å². The number of carbonyl (C=O) groups excluding carboxylic acids is 1. The fraction of sp³-hybridized carbons (Fsp3) is 0.286. The van der Waals surface area contributed by atoms with Crippen LogP contribution in [0.15, 0.2) is 41.6 Å². The van der Waals surface area contributed by atoms with Gasteiger partial charge in [-0.25, -0.2) is 23.6 Å². The summed E-state index contributed by atoms with van der Waals surface area (Å²) in [6, 6.07) is 7.67. The highest BCUT2D eigenvalue weighted by molar-refractivity contribution is 5.78. The largest absolute Gasteiger partial charge is 0.471 e. The molecule has 0 radical (unpaired) electrons. The summed E-state index contributed by atoms with van der Waals surface area (Å²) in [5, 5.41) is 18.8. The monoisotopic (exact) mass is 437 g/mol. The predicted molar refractivity (Wildman–Crippen MR) is 108 cm³/mol. The van der Waals surface area contributed by atoms with E-state index >= 15 is 0 Å². The van der Waals surface area contributed by atoms with Crippen LogP contribution < -0.4 is 4.74 Å². The molecule has 0 bridgehead atoms. The van der Waals surface area contributed by atoms with Crippen LogP contribution in [0.25, 0.3) is 5.65 Å². The molecule has 0 aliphatic carbocycles. The van der Waals surface area contributed by atoms with E-state index in [2.05, 4.69) is 15.2 Å². The Morgan fingerprint density at radius 2 is 2.03 bits per heavy atom. The molecule has 3 aromatic rings. The highest BCUT2D eigenvalue weighted by Crippen LogP contribution is 2.31. The lowest BCUT2D eigenvalue weighted by Crippen LogP contribution is -2.40. The maximum absolute atomic E-state index is 13.7. The molecule has 1 aromatic carbocycles. The molecular weight excluding hydrogens is 420 g/mol. The lowest BCUT2D eigenvalue weighted by molar-refractivity contribution is 0.141. The van der Waals surface area contributed by atoms with Crippen molar-refractivity contribution < 1.29 is 18.3 Å². The number of carbonyl (C=O) groups is 1. The first kappa shape index (κ1) is 19.9. The number of nitrogens with zero attached hydrogens (tertiary/aromatic N) is 7. The average Bonchev–Trinajstić information content (AvgIpc) is 3.52. The Hall–Kier alpha value is -4.07. The van der Waals surface area contributed by atoms with Gasteiger partial charge in [0.15, 0.2) is 11.3 Å². The Kier molecular flexibility index (Phi) is 4.89. The molecule has 5 rings (SSSR count). The molecule has 2 unspecified atom stereocenters. The summed E-state index contributed by atoms with van der Waals surface area (Å²) in [6.45, 7) is 0.750. The zero-order valence-corrected chi connectivity index (χ0v) is 16.7. The number of hydrogen-bond acceptors (Lipinski definition) is 6. The number of fused-ring (bicyclic) bond motifs is 1. The molecule has 2 aromatic heterocycles. The second kappa shape index (κ2) is 7.88. The number of urea groups is 1. The van der Waals surface area contributed by atoms with E-state index in [1.54, 1.807) is 23.2 Å². The van der Waals surface area contributed by atoms with Crippen LogP contribution in [0.1, 0.15) is 30.1 Å². The summed E-state index contributed by atoms with van der Waals surface area (Å²) < 4.78 is 34.6. The molecule has 2 aliphatic rings. The van der Waals surface area contributed by atoms with Gasteiger partial charge >= 0.3 is 6.03 Å². The number of halogens is 2. The van der Waals surface area contributed by atoms with Gasteiger partial charge in [0, 0.05) is 37.7 Å². The van der Waals surface area contributed by atoms with Crippen molar-refractivity contribution >= 4 is 17.9 Å². The van der Waals surface area contributed by atoms with E-state index in [1.165, 1.54) is 27.9 Å². The van der Waals surface area contributed by atoms with E-state index in [0.29, 0.717) is 48.7 Å². The number of rotatable bonds is 3. The maximum atomic E-state index is 13.7. The number of likely N-dealkylation sites (tertiary alicyclic amines) is 1. The quantitative estimate of drug-likeness (QED) is 0.627. The van der Waals surface area contributed by atoms with E-state index in [-0.39, 0.29) is 12.1 Å². The smallest absolute Gasteiger partial charge is 0.341 e. The first-order chi connectivity index (χ1) is 15.5. The molecule has 4 heterocycles. The van der Waals surface area contributed by atoms with Crippen molar-refractivity contribution in [1.29, 1.82) is 5.26 Å². The zero-order chi connectivity index (χ0) is 22.2. The molecule has 0 saturated carbocycles. The minimum absolute atomic E-state index is 0.292. The standard InChI is InChI=1S/C21H17F2N7O2/c22-14-7-13(8-15(23)9-14)18-3-5-26-30(18)21(31)28-6-4-17(12-28)32-20-2-1-19-25-11-16(10-24)29(19)27-20/h1-2,5,7-9,11,17-18H,3-4,6,12H2. The number of hydrogen-bond donors (Lipinski definition) is 0. The normalized spacial score (nSPS) is 20.2. The van der Waals surface area contributed by atoms with Crippen molar-refractivity contribution in [2.75, 3.05) is 13.1 Å². The number of benzene rings is 1. The van der Waals surface area contributed by atoms with Crippen LogP contribution in [0.5, 0.6) is 5.88 Å². The second-order valence-electron chi connectivity index (χ2n) is 7.55. The average molecular weight is 437 g/mol. The zero-order valence-electron chi connectivity index (χ0n) is 16.7. The fourth-order valence-electron chi connectivity index (χ4n) is 3.95. The summed E-state index contributed by atoms with van der Waals surface area (Å²) in [6.07, 6.45) is 3.65. The molecule has 1 fully saturated rings. The lowest BCUT2D eigenvalue weighted by atomic mass is 10.0. The van der Waals surface area contributed by atoms with Crippen LogP contribution in [0, 0.1) is 23.0 Å². The van der Waals surface area contributed by atoms with Gasteiger partial charge in [-0.3, -0.25) is 0 Å². The number of imidazole rings is 1. The van der Waals surface area contributed by atoms with Gasteiger partial charge in [-0.2, -0.15) is 14.9 Å². The van der Waals surface area contributed by atoms with Gasteiger partial charge in [0.25, 0.3) is 0 Å². The minimum atomic E-state index is -0.698. The van der Waals surface area contributed by atoms with E-state index in [1.807, 2.05) is 6.07 Å². The number of amides is 2. The van der Waals surface area contributed by atoms with Gasteiger partial charge < -0.3 is 9.64 Å². The third-order valence-electron chi connectivity index (χ3n) is 5.45. The first-order valence-corrected chi connectivity index (χ1v) is 10.00. The molecule has 2 atom stereocenters. The lowest BCUT2D eigenvalue weighted by Gasteiger charge is -2.27. The Labute approximate surface area is 181 Å². The number of hydrazone groups is 1. The Morgan fingerprint density at radius 1 is 1.22 bits per heavy atom. The van der Waals surface area contributed by atoms with E-state index in [4.69, 9.17) is 10.00 Å². The van der Waals surface area contributed by atoms with Gasteiger partial charge in [0.1, 0.15) is 23.8 Å². The summed E-state index contributed by atoms with van der Waals surface area (Å²) in [4.78, 5) is 18.7. The van der Waals surface area contributed by atoms with Crippen molar-refractivity contribution in [3.63, 3.8) is 0 Å². The highest BCUT2D eigenvalue weighted by Gasteiger charge is 2.36. The van der Waals surface area contributed by atoms with E-state index < -0.39 is 17.7 Å². The molecule has 9 nitrogen and oxygen atoms in total. The molecule has 0 N–H and O–H groups in total. The predicted octanol–water partition coefficient (Wildman–Crippen LogP) is 2.89. The third-order valence-corrected chi connectivity index (χ3v) is 5.45. The number of ether oxygens (including phenoxy) is 1. The fourth-order valence-corrected chi connectivity index (χ4v) is 3.95. The summed E-state index contributed by atoms with van der Waals surface area (Å²) in [5.41, 5.74) is 1.18. The van der Waals surface area contributed by atoms with Crippen LogP contribution in [0.3, 0.4) is 0 Å². The van der Waals surface area contributed by atoms with Crippen molar-refractivity contribution in [2.24, 2.45) is 5.10 Å². The maximum Gasteiger partial charge on any atom is 0.341 e. The molecule has 1 saturated heterocycles. The molecule has 11 heteroatoms. The summed E-state index contributed by atoms with van der Waals surface area (Å²) >= 11 is 0. The van der Waals surface area contributed by atoms with Gasteiger partial charge in [-0.15, -0.1) is 5.10 Å². The molecule has 162 valence electrons. The van der Waals surface area contributed by atoms with Crippen molar-refractivity contribution in [1.82, 2.24) is 24.5 Å². The summed E-state index contributed by atoms with van der Waals surface area (Å²) in [7, 11) is 0. The molecule has 32 heavy (non-hydrogen) atoms. The van der Waals surface area contributed by atoms with Gasteiger partial charge in [0.2, 0.25) is 5.88 Å². The number of aromatic nitrogens is 3.